The number of alkyl halides is 3. The third-order valence-corrected chi connectivity index (χ3v) is 3.74. The Morgan fingerprint density at radius 1 is 1.37 bits per heavy atom. The van der Waals surface area contributed by atoms with Crippen molar-refractivity contribution in [3.63, 3.8) is 0 Å². The predicted molar refractivity (Wildman–Crippen MR) is 67.0 cm³/mol. The second kappa shape index (κ2) is 5.98. The molecule has 0 aliphatic carbocycles. The van der Waals surface area contributed by atoms with Crippen molar-refractivity contribution in [2.24, 2.45) is 22.2 Å². The summed E-state index contributed by atoms with van der Waals surface area (Å²) in [6.45, 7) is 5.24. The van der Waals surface area contributed by atoms with E-state index in [1.54, 1.807) is 4.90 Å². The lowest BCUT2D eigenvalue weighted by molar-refractivity contribution is -0.160. The first-order valence-corrected chi connectivity index (χ1v) is 6.42. The Bertz CT molecular complexity index is 329. The summed E-state index contributed by atoms with van der Waals surface area (Å²) in [6.07, 6.45) is -1.76. The van der Waals surface area contributed by atoms with Crippen LogP contribution in [0.2, 0.25) is 0 Å². The van der Waals surface area contributed by atoms with Crippen LogP contribution in [-0.4, -0.2) is 41.8 Å². The van der Waals surface area contributed by atoms with Gasteiger partial charge < -0.3 is 15.8 Å². The van der Waals surface area contributed by atoms with E-state index in [0.717, 1.165) is 19.3 Å². The van der Waals surface area contributed by atoms with Crippen molar-refractivity contribution in [1.82, 2.24) is 4.90 Å². The maximum atomic E-state index is 12.9. The molecule has 0 spiro atoms. The molecule has 1 fully saturated rings. The normalized spacial score (nSPS) is 23.9. The zero-order valence-corrected chi connectivity index (χ0v) is 11.4. The van der Waals surface area contributed by atoms with E-state index >= 15 is 0 Å². The second-order valence-corrected chi connectivity index (χ2v) is 5.94. The summed E-state index contributed by atoms with van der Waals surface area (Å²) in [6, 6.07) is 0. The zero-order valence-electron chi connectivity index (χ0n) is 11.4. The lowest BCUT2D eigenvalue weighted by atomic mass is 9.85. The van der Waals surface area contributed by atoms with Gasteiger partial charge in [-0.25, -0.2) is 0 Å². The molecule has 3 N–H and O–H groups in total. The summed E-state index contributed by atoms with van der Waals surface area (Å²) in [5, 5.41) is 11.0. The van der Waals surface area contributed by atoms with Gasteiger partial charge in [0.15, 0.2) is 5.84 Å². The van der Waals surface area contributed by atoms with Gasteiger partial charge in [-0.15, -0.1) is 0 Å². The molecule has 1 atom stereocenters. The molecule has 0 bridgehead atoms. The van der Waals surface area contributed by atoms with Crippen LogP contribution < -0.4 is 5.73 Å². The van der Waals surface area contributed by atoms with E-state index in [4.69, 9.17) is 10.9 Å². The Morgan fingerprint density at radius 3 is 2.53 bits per heavy atom. The molecule has 0 saturated carbocycles. The minimum atomic E-state index is -4.49. The van der Waals surface area contributed by atoms with Crippen molar-refractivity contribution >= 4 is 5.84 Å². The average Bonchev–Trinajstić information content (AvgIpc) is 2.45. The zero-order chi connectivity index (χ0) is 14.7. The maximum absolute atomic E-state index is 12.9. The number of nitrogens with two attached hydrogens (primary N) is 1. The van der Waals surface area contributed by atoms with Gasteiger partial charge in [-0.1, -0.05) is 19.0 Å². The number of nitrogens with zero attached hydrogens (tertiary/aromatic N) is 2. The molecule has 1 aliphatic heterocycles. The Labute approximate surface area is 111 Å². The van der Waals surface area contributed by atoms with E-state index in [9.17, 15) is 13.2 Å². The molecule has 0 aromatic rings. The van der Waals surface area contributed by atoms with Crippen molar-refractivity contribution in [2.45, 2.75) is 39.3 Å². The lowest BCUT2D eigenvalue weighted by Crippen LogP contribution is -2.44. The fourth-order valence-corrected chi connectivity index (χ4v) is 2.35. The van der Waals surface area contributed by atoms with Crippen LogP contribution in [-0.2, 0) is 0 Å². The van der Waals surface area contributed by atoms with Gasteiger partial charge in [-0.05, 0) is 37.8 Å². The van der Waals surface area contributed by atoms with Crippen LogP contribution in [0.1, 0.15) is 33.1 Å². The van der Waals surface area contributed by atoms with E-state index in [-0.39, 0.29) is 12.0 Å². The van der Waals surface area contributed by atoms with Crippen LogP contribution in [0.15, 0.2) is 5.16 Å². The Morgan fingerprint density at radius 2 is 2.00 bits per heavy atom. The number of oxime groups is 1. The Hall–Kier alpha value is -0.980. The fraction of sp³-hybridized carbons (Fsp3) is 0.917. The van der Waals surface area contributed by atoms with Crippen LogP contribution in [0.4, 0.5) is 13.2 Å². The molecule has 0 amide bonds. The first kappa shape index (κ1) is 16.1. The van der Waals surface area contributed by atoms with E-state index in [1.165, 1.54) is 0 Å². The first-order valence-electron chi connectivity index (χ1n) is 6.42. The van der Waals surface area contributed by atoms with Gasteiger partial charge in [0, 0.05) is 6.54 Å². The van der Waals surface area contributed by atoms with Gasteiger partial charge in [0.2, 0.25) is 0 Å². The van der Waals surface area contributed by atoms with E-state index in [0.29, 0.717) is 13.1 Å². The summed E-state index contributed by atoms with van der Waals surface area (Å²) in [7, 11) is 0. The van der Waals surface area contributed by atoms with Crippen LogP contribution in [0, 0.1) is 11.3 Å². The van der Waals surface area contributed by atoms with Crippen molar-refractivity contribution in [3.8, 4) is 0 Å². The van der Waals surface area contributed by atoms with Crippen molar-refractivity contribution in [2.75, 3.05) is 19.6 Å². The first-order chi connectivity index (χ1) is 8.65. The van der Waals surface area contributed by atoms with Crippen LogP contribution >= 0.6 is 0 Å². The minimum Gasteiger partial charge on any atom is -0.409 e. The third kappa shape index (κ3) is 4.89. The van der Waals surface area contributed by atoms with Crippen LogP contribution in [0.3, 0.4) is 0 Å². The number of hydrogen-bond donors (Lipinski definition) is 2. The molecule has 1 aliphatic rings. The highest BCUT2D eigenvalue weighted by molar-refractivity contribution is 5.83. The van der Waals surface area contributed by atoms with Gasteiger partial charge in [0.05, 0.1) is 0 Å². The molecular weight excluding hydrogens is 259 g/mol. The van der Waals surface area contributed by atoms with E-state index in [2.05, 4.69) is 19.0 Å². The minimum absolute atomic E-state index is 0.166. The molecule has 1 saturated heterocycles. The highest BCUT2D eigenvalue weighted by Gasteiger charge is 2.44. The summed E-state index contributed by atoms with van der Waals surface area (Å²) < 4.78 is 38.6. The lowest BCUT2D eigenvalue weighted by Gasteiger charge is -2.27. The third-order valence-electron chi connectivity index (χ3n) is 3.74. The number of hydrogen-bond acceptors (Lipinski definition) is 3. The smallest absolute Gasteiger partial charge is 0.400 e. The van der Waals surface area contributed by atoms with Gasteiger partial charge in [-0.3, -0.25) is 0 Å². The summed E-state index contributed by atoms with van der Waals surface area (Å²) in [5.74, 6) is -2.67. The number of halogens is 3. The molecule has 1 unspecified atom stereocenters. The average molecular weight is 281 g/mol. The topological polar surface area (TPSA) is 61.8 Å². The molecule has 112 valence electrons. The molecule has 1 heterocycles. The summed E-state index contributed by atoms with van der Waals surface area (Å²) in [5.41, 5.74) is 5.33. The number of rotatable bonds is 3. The van der Waals surface area contributed by atoms with Gasteiger partial charge in [-0.2, -0.15) is 13.2 Å². The predicted octanol–water partition coefficient (Wildman–Crippen LogP) is 2.42. The fourth-order valence-electron chi connectivity index (χ4n) is 2.35. The molecule has 0 aromatic carbocycles. The Balaban J connectivity index is 2.70. The van der Waals surface area contributed by atoms with Crippen molar-refractivity contribution in [1.29, 1.82) is 0 Å². The van der Waals surface area contributed by atoms with Crippen LogP contribution in [0.5, 0.6) is 0 Å². The highest BCUT2D eigenvalue weighted by atomic mass is 19.4. The molecule has 19 heavy (non-hydrogen) atoms. The van der Waals surface area contributed by atoms with Gasteiger partial charge >= 0.3 is 6.18 Å². The van der Waals surface area contributed by atoms with Gasteiger partial charge in [0.25, 0.3) is 0 Å². The van der Waals surface area contributed by atoms with Crippen LogP contribution in [0.25, 0.3) is 0 Å². The van der Waals surface area contributed by atoms with Crippen molar-refractivity contribution in [3.05, 3.63) is 0 Å². The molecule has 1 rings (SSSR count). The summed E-state index contributed by atoms with van der Waals surface area (Å²) >= 11 is 0. The van der Waals surface area contributed by atoms with Gasteiger partial charge in [0.1, 0.15) is 5.92 Å². The number of likely N-dealkylation sites (tertiary alicyclic amines) is 1. The molecule has 0 radical (unpaired) electrons. The summed E-state index contributed by atoms with van der Waals surface area (Å²) in [4.78, 5) is 1.75. The Kier molecular flexibility index (Phi) is 5.06. The highest BCUT2D eigenvalue weighted by Crippen LogP contribution is 2.32. The molecule has 4 nitrogen and oxygen atoms in total. The molecule has 7 heteroatoms. The molecule has 0 aromatic heterocycles. The quantitative estimate of drug-likeness (QED) is 0.361. The monoisotopic (exact) mass is 281 g/mol. The standard InChI is InChI=1S/C12H22F3N3O/c1-11(2)4-3-6-18(7-5-11)8-9(10(16)17-19)12(13,14)15/h9,19H,3-8H2,1-2H3,(H2,16,17). The van der Waals surface area contributed by atoms with Crippen molar-refractivity contribution < 1.29 is 18.4 Å². The maximum Gasteiger partial charge on any atom is 0.400 e. The molecular formula is C12H22F3N3O. The largest absolute Gasteiger partial charge is 0.409 e. The second-order valence-electron chi connectivity index (χ2n) is 5.94. The number of amidine groups is 1. The van der Waals surface area contributed by atoms with E-state index in [1.807, 2.05) is 0 Å². The van der Waals surface area contributed by atoms with E-state index < -0.39 is 17.9 Å². The SMILES string of the molecule is CC1(C)CCCN(CC(C(N)=NO)C(F)(F)F)CC1.